The second kappa shape index (κ2) is 9.36. The van der Waals surface area contributed by atoms with Crippen LogP contribution in [0.15, 0.2) is 41.1 Å². The molecule has 0 aliphatic carbocycles. The van der Waals surface area contributed by atoms with Crippen LogP contribution in [0.5, 0.6) is 5.88 Å². The van der Waals surface area contributed by atoms with Gasteiger partial charge in [-0.1, -0.05) is 6.08 Å². The van der Waals surface area contributed by atoms with E-state index < -0.39 is 18.0 Å². The zero-order chi connectivity index (χ0) is 23.7. The van der Waals surface area contributed by atoms with E-state index in [1.54, 1.807) is 18.2 Å². The van der Waals surface area contributed by atoms with Crippen LogP contribution in [0.1, 0.15) is 25.8 Å². The highest BCUT2D eigenvalue weighted by Gasteiger charge is 2.34. The first kappa shape index (κ1) is 22.8. The Labute approximate surface area is 197 Å². The summed E-state index contributed by atoms with van der Waals surface area (Å²) in [5.74, 6) is -0.584. The normalized spacial score (nSPS) is 23.6. The number of carbonyl (C=O) groups is 1. The van der Waals surface area contributed by atoms with Gasteiger partial charge in [0.25, 0.3) is 5.88 Å². The number of hydrogen-bond donors (Lipinski definition) is 0. The Kier molecular flexibility index (Phi) is 6.28. The number of anilines is 1. The van der Waals surface area contributed by atoms with Crippen LogP contribution < -0.4 is 9.64 Å². The molecule has 34 heavy (non-hydrogen) atoms. The maximum atomic E-state index is 15.1. The predicted molar refractivity (Wildman–Crippen MR) is 120 cm³/mol. The Hall–Kier alpha value is -2.95. The van der Waals surface area contributed by atoms with Crippen molar-refractivity contribution >= 4 is 17.4 Å². The molecule has 4 heterocycles. The number of cyclic esters (lactones) is 1. The highest BCUT2D eigenvalue weighted by Crippen LogP contribution is 2.31. The largest absolute Gasteiger partial charge is 0.471 e. The minimum atomic E-state index is -0.538. The molecule has 0 radical (unpaired) electrons. The minimum absolute atomic E-state index is 0.132. The van der Waals surface area contributed by atoms with E-state index in [2.05, 4.69) is 16.1 Å². The SMILES string of the molecule is CC1(C)OCC(N2CC=C(c3ccc(N4CC(COc5ccon5)OC4=O)cc3F)CC2)CO1. The highest BCUT2D eigenvalue weighted by atomic mass is 19.1. The number of ether oxygens (including phenoxy) is 4. The van der Waals surface area contributed by atoms with E-state index in [9.17, 15) is 4.79 Å². The molecule has 9 nitrogen and oxygen atoms in total. The maximum Gasteiger partial charge on any atom is 0.414 e. The molecule has 2 saturated heterocycles. The molecule has 0 bridgehead atoms. The second-order valence-electron chi connectivity index (χ2n) is 9.08. The van der Waals surface area contributed by atoms with Crippen LogP contribution in [0.4, 0.5) is 14.9 Å². The van der Waals surface area contributed by atoms with Gasteiger partial charge in [-0.25, -0.2) is 9.18 Å². The monoisotopic (exact) mass is 473 g/mol. The fourth-order valence-electron chi connectivity index (χ4n) is 4.36. The maximum absolute atomic E-state index is 15.1. The molecule has 2 fully saturated rings. The summed E-state index contributed by atoms with van der Waals surface area (Å²) < 4.78 is 42.1. The van der Waals surface area contributed by atoms with Gasteiger partial charge >= 0.3 is 6.09 Å². The third kappa shape index (κ3) is 4.94. The molecule has 0 spiro atoms. The zero-order valence-electron chi connectivity index (χ0n) is 19.2. The lowest BCUT2D eigenvalue weighted by Gasteiger charge is -2.41. The summed E-state index contributed by atoms with van der Waals surface area (Å²) in [6.07, 6.45) is 3.16. The van der Waals surface area contributed by atoms with E-state index in [1.165, 1.54) is 17.2 Å². The first-order valence-corrected chi connectivity index (χ1v) is 11.4. The van der Waals surface area contributed by atoms with Crippen LogP contribution in [0, 0.1) is 5.82 Å². The topological polar surface area (TPSA) is 86.5 Å². The molecule has 1 aromatic carbocycles. The van der Waals surface area contributed by atoms with E-state index in [4.69, 9.17) is 23.5 Å². The van der Waals surface area contributed by atoms with Gasteiger partial charge in [0.15, 0.2) is 11.9 Å². The second-order valence-corrected chi connectivity index (χ2v) is 9.08. The van der Waals surface area contributed by atoms with Crippen molar-refractivity contribution in [2.45, 2.75) is 38.2 Å². The summed E-state index contributed by atoms with van der Waals surface area (Å²) in [6.45, 7) is 6.97. The van der Waals surface area contributed by atoms with Gasteiger partial charge in [-0.15, -0.1) is 0 Å². The van der Waals surface area contributed by atoms with Gasteiger partial charge in [-0.2, -0.15) is 0 Å². The number of rotatable bonds is 6. The average Bonchev–Trinajstić information content (AvgIpc) is 3.47. The van der Waals surface area contributed by atoms with Crippen LogP contribution in [-0.2, 0) is 14.2 Å². The van der Waals surface area contributed by atoms with Gasteiger partial charge in [0.2, 0.25) is 0 Å². The molecule has 1 amide bonds. The lowest BCUT2D eigenvalue weighted by atomic mass is 9.97. The van der Waals surface area contributed by atoms with Gasteiger partial charge < -0.3 is 23.5 Å². The van der Waals surface area contributed by atoms with E-state index in [-0.39, 0.29) is 25.0 Å². The molecule has 0 saturated carbocycles. The molecule has 5 rings (SSSR count). The van der Waals surface area contributed by atoms with E-state index >= 15 is 4.39 Å². The Morgan fingerprint density at radius 2 is 2.06 bits per heavy atom. The standard InChI is InChI=1S/C24H28FN3O6/c1-24(2)31-13-18(14-32-24)27-8-5-16(6-9-27)20-4-3-17(11-21(20)25)28-12-19(34-23(28)29)15-30-22-7-10-33-26-22/h3-5,7,10-11,18-19H,6,8-9,12-15H2,1-2H3. The molecular weight excluding hydrogens is 445 g/mol. The molecule has 1 aromatic heterocycles. The zero-order valence-corrected chi connectivity index (χ0v) is 19.2. The fourth-order valence-corrected chi connectivity index (χ4v) is 4.36. The number of nitrogens with zero attached hydrogens (tertiary/aromatic N) is 3. The predicted octanol–water partition coefficient (Wildman–Crippen LogP) is 3.46. The molecule has 3 aliphatic heterocycles. The van der Waals surface area contributed by atoms with Gasteiger partial charge in [0, 0.05) is 24.7 Å². The third-order valence-electron chi connectivity index (χ3n) is 6.32. The van der Waals surface area contributed by atoms with Crippen molar-refractivity contribution in [1.29, 1.82) is 0 Å². The van der Waals surface area contributed by atoms with Crippen LogP contribution >= 0.6 is 0 Å². The summed E-state index contributed by atoms with van der Waals surface area (Å²) in [6, 6.07) is 6.63. The first-order chi connectivity index (χ1) is 16.4. The van der Waals surface area contributed by atoms with E-state index in [0.29, 0.717) is 36.9 Å². The van der Waals surface area contributed by atoms with E-state index in [1.807, 2.05) is 13.8 Å². The molecule has 0 N–H and O–H groups in total. The molecule has 1 atom stereocenters. The van der Waals surface area contributed by atoms with Crippen molar-refractivity contribution < 1.29 is 32.7 Å². The van der Waals surface area contributed by atoms with Gasteiger partial charge in [-0.3, -0.25) is 9.80 Å². The van der Waals surface area contributed by atoms with Crippen molar-refractivity contribution in [3.8, 4) is 5.88 Å². The number of benzene rings is 1. The lowest BCUT2D eigenvalue weighted by Crippen LogP contribution is -2.51. The van der Waals surface area contributed by atoms with Crippen LogP contribution in [0.3, 0.4) is 0 Å². The molecule has 2 aromatic rings. The van der Waals surface area contributed by atoms with Gasteiger partial charge in [0.1, 0.15) is 18.7 Å². The smallest absolute Gasteiger partial charge is 0.414 e. The minimum Gasteiger partial charge on any atom is -0.471 e. The number of carbonyl (C=O) groups excluding carboxylic acids is 1. The summed E-state index contributed by atoms with van der Waals surface area (Å²) in [7, 11) is 0. The van der Waals surface area contributed by atoms with Crippen molar-refractivity contribution in [1.82, 2.24) is 10.1 Å². The van der Waals surface area contributed by atoms with Gasteiger partial charge in [0.05, 0.1) is 31.5 Å². The lowest BCUT2D eigenvalue weighted by molar-refractivity contribution is -0.263. The molecule has 182 valence electrons. The molecule has 1 unspecified atom stereocenters. The summed E-state index contributed by atoms with van der Waals surface area (Å²) >= 11 is 0. The Balaban J connectivity index is 1.19. The number of aromatic nitrogens is 1. The fraction of sp³-hybridized carbons (Fsp3) is 0.500. The Bertz CT molecular complexity index is 1050. The van der Waals surface area contributed by atoms with Gasteiger partial charge in [-0.05, 0) is 49.2 Å². The first-order valence-electron chi connectivity index (χ1n) is 11.4. The highest BCUT2D eigenvalue weighted by molar-refractivity contribution is 5.90. The van der Waals surface area contributed by atoms with Crippen molar-refractivity contribution in [3.05, 3.63) is 48.0 Å². The molecular formula is C24H28FN3O6. The number of hydrogen-bond acceptors (Lipinski definition) is 8. The molecule has 3 aliphatic rings. The van der Waals surface area contributed by atoms with Crippen molar-refractivity contribution in [2.75, 3.05) is 44.4 Å². The van der Waals surface area contributed by atoms with Crippen molar-refractivity contribution in [2.24, 2.45) is 0 Å². The third-order valence-corrected chi connectivity index (χ3v) is 6.32. The van der Waals surface area contributed by atoms with E-state index in [0.717, 1.165) is 18.5 Å². The summed E-state index contributed by atoms with van der Waals surface area (Å²) in [4.78, 5) is 16.0. The number of amides is 1. The number of halogens is 1. The van der Waals surface area contributed by atoms with Crippen LogP contribution in [0.2, 0.25) is 0 Å². The van der Waals surface area contributed by atoms with Crippen LogP contribution in [-0.4, -0.2) is 73.5 Å². The summed E-state index contributed by atoms with van der Waals surface area (Å²) in [5, 5.41) is 3.65. The van der Waals surface area contributed by atoms with Crippen LogP contribution in [0.25, 0.3) is 5.57 Å². The quantitative estimate of drug-likeness (QED) is 0.631. The average molecular weight is 474 g/mol. The summed E-state index contributed by atoms with van der Waals surface area (Å²) in [5.41, 5.74) is 1.97. The molecule has 10 heteroatoms. The Morgan fingerprint density at radius 1 is 1.24 bits per heavy atom. The Morgan fingerprint density at radius 3 is 2.74 bits per heavy atom. The van der Waals surface area contributed by atoms with Crippen molar-refractivity contribution in [3.63, 3.8) is 0 Å².